The Labute approximate surface area is 184 Å². The number of ether oxygens (including phenoxy) is 1. The zero-order valence-electron chi connectivity index (χ0n) is 17.4. The number of aliphatic hydroxyl groups is 1. The summed E-state index contributed by atoms with van der Waals surface area (Å²) in [6.45, 7) is -1.36. The fourth-order valence-corrected chi connectivity index (χ4v) is 3.20. The predicted octanol–water partition coefficient (Wildman–Crippen LogP) is 3.39. The topological polar surface area (TPSA) is 113 Å². The lowest BCUT2D eigenvalue weighted by Gasteiger charge is -2.17. The number of aromatic nitrogens is 5. The van der Waals surface area contributed by atoms with Crippen molar-refractivity contribution in [1.82, 2.24) is 30.3 Å². The quantitative estimate of drug-likeness (QED) is 0.244. The third-order valence-corrected chi connectivity index (χ3v) is 4.82. The van der Waals surface area contributed by atoms with Crippen LogP contribution >= 0.6 is 0 Å². The molecule has 9 nitrogen and oxygen atoms in total. The fourth-order valence-electron chi connectivity index (χ4n) is 3.20. The number of hydrogen-bond acceptors (Lipinski definition) is 7. The van der Waals surface area contributed by atoms with Gasteiger partial charge in [0.2, 0.25) is 5.95 Å². The molecule has 33 heavy (non-hydrogen) atoms. The van der Waals surface area contributed by atoms with Crippen LogP contribution in [0.4, 0.5) is 29.2 Å². The number of aromatic amines is 1. The first kappa shape index (κ1) is 22.5. The molecular formula is C20H19F4N7O2. The van der Waals surface area contributed by atoms with Crippen LogP contribution in [-0.2, 0) is 7.05 Å². The summed E-state index contributed by atoms with van der Waals surface area (Å²) in [7, 11) is 2.94. The lowest BCUT2D eigenvalue weighted by Crippen LogP contribution is -2.32. The number of rotatable bonds is 7. The van der Waals surface area contributed by atoms with Gasteiger partial charge < -0.3 is 15.2 Å². The number of alkyl halides is 3. The van der Waals surface area contributed by atoms with E-state index in [0.717, 1.165) is 0 Å². The van der Waals surface area contributed by atoms with E-state index in [1.54, 1.807) is 19.3 Å². The van der Waals surface area contributed by atoms with Crippen molar-refractivity contribution in [3.63, 3.8) is 0 Å². The van der Waals surface area contributed by atoms with E-state index < -0.39 is 24.8 Å². The number of anilines is 2. The highest BCUT2D eigenvalue weighted by Crippen LogP contribution is 2.31. The molecule has 0 aliphatic rings. The molecule has 1 unspecified atom stereocenters. The molecule has 0 bridgehead atoms. The molecule has 13 heteroatoms. The van der Waals surface area contributed by atoms with Gasteiger partial charge in [-0.2, -0.15) is 23.3 Å². The highest BCUT2D eigenvalue weighted by atomic mass is 19.4. The number of H-pyrrole nitrogens is 1. The second kappa shape index (κ2) is 8.67. The van der Waals surface area contributed by atoms with Crippen molar-refractivity contribution < 1.29 is 27.4 Å². The van der Waals surface area contributed by atoms with Gasteiger partial charge in [-0.25, -0.2) is 9.07 Å². The van der Waals surface area contributed by atoms with E-state index in [1.807, 2.05) is 5.32 Å². The second-order valence-electron chi connectivity index (χ2n) is 7.15. The largest absolute Gasteiger partial charge is 0.496 e. The Kier molecular flexibility index (Phi) is 5.91. The van der Waals surface area contributed by atoms with Crippen LogP contribution in [0.2, 0.25) is 0 Å². The number of benzene rings is 2. The zero-order chi connectivity index (χ0) is 23.8. The summed E-state index contributed by atoms with van der Waals surface area (Å²) in [4.78, 5) is 4.37. The number of hydrogen-bond donors (Lipinski definition) is 4. The van der Waals surface area contributed by atoms with Crippen LogP contribution in [0.25, 0.3) is 22.3 Å². The van der Waals surface area contributed by atoms with E-state index in [-0.39, 0.29) is 28.8 Å². The van der Waals surface area contributed by atoms with Crippen LogP contribution in [0, 0.1) is 5.82 Å². The molecule has 0 amide bonds. The molecule has 0 spiro atoms. The van der Waals surface area contributed by atoms with Crippen molar-refractivity contribution >= 4 is 22.5 Å². The van der Waals surface area contributed by atoms with Crippen molar-refractivity contribution in [2.75, 3.05) is 19.0 Å². The van der Waals surface area contributed by atoms with Crippen molar-refractivity contribution in [3.8, 4) is 17.1 Å². The summed E-state index contributed by atoms with van der Waals surface area (Å²) in [6, 6.07) is 7.33. The number of nitrogens with zero attached hydrogens (tertiary/aromatic N) is 4. The van der Waals surface area contributed by atoms with E-state index in [1.165, 1.54) is 36.1 Å². The molecule has 4 rings (SSSR count). The average molecular weight is 465 g/mol. The van der Waals surface area contributed by atoms with Gasteiger partial charge >= 0.3 is 6.18 Å². The molecule has 1 atom stereocenters. The molecule has 0 fully saturated rings. The Bertz CT molecular complexity index is 1290. The number of halogens is 4. The van der Waals surface area contributed by atoms with Crippen molar-refractivity contribution in [1.29, 1.82) is 0 Å². The minimum absolute atomic E-state index is 0.121. The molecule has 0 saturated carbocycles. The second-order valence-corrected chi connectivity index (χ2v) is 7.15. The Morgan fingerprint density at radius 1 is 1.24 bits per heavy atom. The fraction of sp³-hybridized carbons (Fsp3) is 0.250. The third kappa shape index (κ3) is 4.88. The SMILES string of the molecule is COc1cc(-c2nc(Nc3cc4cn[nH]c4cc3F)n(C)n2)ccc1C(O)NCC(F)(F)F. The monoisotopic (exact) mass is 465 g/mol. The lowest BCUT2D eigenvalue weighted by atomic mass is 10.1. The number of nitrogens with one attached hydrogen (secondary N) is 3. The Morgan fingerprint density at radius 2 is 2.03 bits per heavy atom. The first-order valence-corrected chi connectivity index (χ1v) is 9.62. The molecule has 2 heterocycles. The standard InChI is InChI=1S/C20H19F4N7O2/c1-31-19(27-15-5-11-8-26-29-14(11)7-13(15)21)28-17(30-31)10-3-4-12(16(6-10)33-2)18(32)25-9-20(22,23)24/h3-8,18,25,32H,9H2,1-2H3,(H,26,29)(H,27,28,30). The van der Waals surface area contributed by atoms with Gasteiger partial charge in [-0.05, 0) is 12.1 Å². The molecule has 0 saturated heterocycles. The van der Waals surface area contributed by atoms with E-state index in [9.17, 15) is 22.7 Å². The molecular weight excluding hydrogens is 446 g/mol. The smallest absolute Gasteiger partial charge is 0.401 e. The van der Waals surface area contributed by atoms with Crippen LogP contribution in [0.3, 0.4) is 0 Å². The van der Waals surface area contributed by atoms with Crippen LogP contribution in [0.15, 0.2) is 36.5 Å². The molecule has 2 aromatic carbocycles. The molecule has 4 N–H and O–H groups in total. The van der Waals surface area contributed by atoms with E-state index in [4.69, 9.17) is 4.74 Å². The first-order valence-electron chi connectivity index (χ1n) is 9.62. The molecule has 2 aromatic heterocycles. The minimum atomic E-state index is -4.48. The summed E-state index contributed by atoms with van der Waals surface area (Å²) < 4.78 is 58.3. The van der Waals surface area contributed by atoms with Crippen molar-refractivity contribution in [2.45, 2.75) is 12.4 Å². The summed E-state index contributed by atoms with van der Waals surface area (Å²) in [5, 5.41) is 26.5. The lowest BCUT2D eigenvalue weighted by molar-refractivity contribution is -0.131. The number of methoxy groups -OCH3 is 1. The summed E-state index contributed by atoms with van der Waals surface area (Å²) in [5.41, 5.74) is 1.33. The molecule has 174 valence electrons. The van der Waals surface area contributed by atoms with Crippen molar-refractivity contribution in [2.24, 2.45) is 7.05 Å². The van der Waals surface area contributed by atoms with Crippen LogP contribution in [-0.4, -0.2) is 49.9 Å². The number of aryl methyl sites for hydroxylation is 1. The molecule has 0 radical (unpaired) electrons. The first-order chi connectivity index (χ1) is 15.6. The van der Waals surface area contributed by atoms with E-state index >= 15 is 0 Å². The zero-order valence-corrected chi connectivity index (χ0v) is 17.4. The molecule has 4 aromatic rings. The van der Waals surface area contributed by atoms with Gasteiger partial charge in [0.1, 0.15) is 17.8 Å². The van der Waals surface area contributed by atoms with Gasteiger partial charge in [-0.15, -0.1) is 5.10 Å². The van der Waals surface area contributed by atoms with Crippen LogP contribution in [0.5, 0.6) is 5.75 Å². The number of fused-ring (bicyclic) bond motifs is 1. The van der Waals surface area contributed by atoms with Gasteiger partial charge in [0.15, 0.2) is 5.82 Å². The molecule has 0 aliphatic heterocycles. The highest BCUT2D eigenvalue weighted by molar-refractivity contribution is 5.83. The maximum absolute atomic E-state index is 14.4. The maximum Gasteiger partial charge on any atom is 0.401 e. The highest BCUT2D eigenvalue weighted by Gasteiger charge is 2.28. The summed E-state index contributed by atoms with van der Waals surface area (Å²) >= 11 is 0. The third-order valence-electron chi connectivity index (χ3n) is 4.82. The number of aliphatic hydroxyl groups excluding tert-OH is 1. The molecule has 0 aliphatic carbocycles. The van der Waals surface area contributed by atoms with E-state index in [2.05, 4.69) is 25.6 Å². The van der Waals surface area contributed by atoms with Gasteiger partial charge in [-0.1, -0.05) is 12.1 Å². The predicted molar refractivity (Wildman–Crippen MR) is 111 cm³/mol. The average Bonchev–Trinajstić information content (AvgIpc) is 3.37. The van der Waals surface area contributed by atoms with Crippen LogP contribution < -0.4 is 15.4 Å². The van der Waals surface area contributed by atoms with E-state index in [0.29, 0.717) is 16.5 Å². The maximum atomic E-state index is 14.4. The minimum Gasteiger partial charge on any atom is -0.496 e. The Balaban J connectivity index is 1.58. The van der Waals surface area contributed by atoms with Crippen molar-refractivity contribution in [3.05, 3.63) is 47.9 Å². The Hall–Kier alpha value is -3.71. The van der Waals surface area contributed by atoms with Crippen LogP contribution in [0.1, 0.15) is 11.8 Å². The van der Waals surface area contributed by atoms with Gasteiger partial charge in [-0.3, -0.25) is 10.4 Å². The van der Waals surface area contributed by atoms with Gasteiger partial charge in [0.05, 0.1) is 31.1 Å². The van der Waals surface area contributed by atoms with Gasteiger partial charge in [0, 0.05) is 29.6 Å². The van der Waals surface area contributed by atoms with Gasteiger partial charge in [0.25, 0.3) is 0 Å². The normalized spacial score (nSPS) is 12.8. The summed E-state index contributed by atoms with van der Waals surface area (Å²) in [5.74, 6) is 0.143. The summed E-state index contributed by atoms with van der Waals surface area (Å²) in [6.07, 6.45) is -4.50. The Morgan fingerprint density at radius 3 is 2.76 bits per heavy atom.